The van der Waals surface area contributed by atoms with Crippen LogP contribution in [0.4, 0.5) is 34.1 Å². The number of aromatic nitrogens is 4. The fourth-order valence-electron chi connectivity index (χ4n) is 20.9. The first kappa shape index (κ1) is 81.6. The van der Waals surface area contributed by atoms with E-state index in [4.69, 9.17) is 0 Å². The van der Waals surface area contributed by atoms with Crippen molar-refractivity contribution in [2.75, 3.05) is 9.80 Å². The van der Waals surface area contributed by atoms with Gasteiger partial charge in [-0.25, -0.2) is 0 Å². The van der Waals surface area contributed by atoms with Crippen molar-refractivity contribution in [1.29, 1.82) is 0 Å². The van der Waals surface area contributed by atoms with E-state index >= 15 is 0 Å². The van der Waals surface area contributed by atoms with Crippen LogP contribution in [0.3, 0.4) is 0 Å². The van der Waals surface area contributed by atoms with E-state index in [0.717, 1.165) is 56.9 Å². The van der Waals surface area contributed by atoms with E-state index in [-0.39, 0.29) is 0 Å². The summed E-state index contributed by atoms with van der Waals surface area (Å²) in [6.45, 7) is 0. The summed E-state index contributed by atoms with van der Waals surface area (Å²) in [5.74, 6) is 0. The number of benzene rings is 22. The van der Waals surface area contributed by atoms with Crippen LogP contribution in [0.25, 0.3) is 199 Å². The molecule has 6 nitrogen and oxygen atoms in total. The highest BCUT2D eigenvalue weighted by molar-refractivity contribution is 6.15. The molecule has 4 heterocycles. The lowest BCUT2D eigenvalue weighted by molar-refractivity contribution is 1.17. The summed E-state index contributed by atoms with van der Waals surface area (Å²) in [4.78, 5) is 4.61. The first-order chi connectivity index (χ1) is 68.4. The number of hydrogen-bond acceptors (Lipinski definition) is 2. The van der Waals surface area contributed by atoms with Crippen LogP contribution in [-0.2, 0) is 0 Å². The summed E-state index contributed by atoms with van der Waals surface area (Å²) in [7, 11) is 0. The number of fused-ring (bicyclic) bond motifs is 12. The zero-order chi connectivity index (χ0) is 91.4. The molecule has 0 aliphatic rings. The Kier molecular flexibility index (Phi) is 20.9. The second-order valence-corrected chi connectivity index (χ2v) is 35.5. The predicted octanol–water partition coefficient (Wildman–Crippen LogP) is 36.0. The Morgan fingerprint density at radius 2 is 0.290 bits per heavy atom. The minimum absolute atomic E-state index is 1.11. The zero-order valence-corrected chi connectivity index (χ0v) is 75.6. The maximum atomic E-state index is 2.43. The molecule has 648 valence electrons. The average molecular weight is 1760 g/mol. The highest BCUT2D eigenvalue weighted by Gasteiger charge is 2.24. The lowest BCUT2D eigenvalue weighted by Crippen LogP contribution is -2.09. The molecule has 0 unspecified atom stereocenters. The second kappa shape index (κ2) is 35.3. The molecule has 26 aromatic rings. The molecule has 0 atom stereocenters. The summed E-state index contributed by atoms with van der Waals surface area (Å²) < 4.78 is 9.66. The van der Waals surface area contributed by atoms with Crippen LogP contribution in [0.1, 0.15) is 0 Å². The Bertz CT molecular complexity index is 8300. The summed E-state index contributed by atoms with van der Waals surface area (Å²) in [6, 6.07) is 198. The Balaban J connectivity index is 0.000000146. The Labute approximate surface area is 801 Å². The zero-order valence-electron chi connectivity index (χ0n) is 75.6. The van der Waals surface area contributed by atoms with Crippen molar-refractivity contribution in [2.45, 2.75) is 0 Å². The van der Waals surface area contributed by atoms with E-state index in [1.807, 2.05) is 0 Å². The molecule has 0 fully saturated rings. The van der Waals surface area contributed by atoms with Gasteiger partial charge in [0.25, 0.3) is 0 Å². The number of rotatable bonds is 18. The average Bonchev–Trinajstić information content (AvgIpc) is 1.58. The smallest absolute Gasteiger partial charge is 0.0541 e. The second-order valence-electron chi connectivity index (χ2n) is 35.5. The maximum absolute atomic E-state index is 2.43. The van der Waals surface area contributed by atoms with Gasteiger partial charge in [-0.15, -0.1) is 0 Å². The molecule has 0 spiro atoms. The van der Waals surface area contributed by atoms with Gasteiger partial charge in [-0.2, -0.15) is 0 Å². The fraction of sp³-hybridized carbons (Fsp3) is 0. The van der Waals surface area contributed by atoms with Gasteiger partial charge in [-0.1, -0.05) is 315 Å². The highest BCUT2D eigenvalue weighted by Crippen LogP contribution is 2.47. The van der Waals surface area contributed by atoms with Gasteiger partial charge in [0.15, 0.2) is 0 Å². The molecule has 0 radical (unpaired) electrons. The molecule has 0 saturated carbocycles. The first-order valence-electron chi connectivity index (χ1n) is 47.3. The largest absolute Gasteiger partial charge is 0.311 e. The van der Waals surface area contributed by atoms with Crippen molar-refractivity contribution >= 4 is 121 Å². The summed E-state index contributed by atoms with van der Waals surface area (Å²) in [5, 5.41) is 9.85. The predicted molar refractivity (Wildman–Crippen MR) is 583 cm³/mol. The SMILES string of the molecule is c1ccc(-c2cc(-c3ccccc3)cc(-c3cccc(-n4c5ccccc5c5cc(-c6ccc7c(c6)c6ccccc6n7-c6ccc(N(c7ccccc7)c7ccccc7)cc6)ccc54)c3)c2)cc1.c1ccc(-c2cc(-c3ccccc3)cc(-c3cccc(-n4c5ccccc5c5cc(-c6ccc7c(c6)c6ccccc6n7-c6ccc(N(c7ccccc7)c7ccccc7)cc6)ccc54)c3)c2)cc1. The Hall–Kier alpha value is -18.4. The molecule has 22 aromatic carbocycles. The minimum atomic E-state index is 1.11. The van der Waals surface area contributed by atoms with E-state index in [1.54, 1.807) is 0 Å². The number of anilines is 6. The summed E-state index contributed by atoms with van der Waals surface area (Å²) in [5.41, 5.74) is 39.8. The molecule has 0 N–H and O–H groups in total. The topological polar surface area (TPSA) is 26.2 Å². The van der Waals surface area contributed by atoms with Crippen LogP contribution in [-0.4, -0.2) is 18.3 Å². The molecule has 0 amide bonds. The maximum Gasteiger partial charge on any atom is 0.0541 e. The quantitative estimate of drug-likeness (QED) is 0.0856. The van der Waals surface area contributed by atoms with Crippen LogP contribution >= 0.6 is 0 Å². The standard InChI is InChI=1S/2C66H45N3/c2*1-5-18-46(19-6-1)51-40-52(47-20-7-2-8-21-47)42-53(41-51)48-22-17-27-58(43-48)69-64-31-16-14-29-60(64)62-45-50(33-39-66(62)69)49-32-38-65-61(44-49)59-28-13-15-30-63(59)68(65)57-36-34-56(35-37-57)67(54-23-9-3-10-24-54)55-25-11-4-12-26-55/h2*1-45H. The van der Waals surface area contributed by atoms with Gasteiger partial charge in [-0.3, -0.25) is 0 Å². The normalized spacial score (nSPS) is 11.5. The van der Waals surface area contributed by atoms with Crippen molar-refractivity contribution in [3.05, 3.63) is 546 Å². The van der Waals surface area contributed by atoms with E-state index in [0.29, 0.717) is 0 Å². The van der Waals surface area contributed by atoms with E-state index < -0.39 is 0 Å². The third-order valence-corrected chi connectivity index (χ3v) is 27.3. The van der Waals surface area contributed by atoms with Gasteiger partial charge in [0, 0.05) is 100.0 Å². The van der Waals surface area contributed by atoms with Gasteiger partial charge >= 0.3 is 0 Å². The Morgan fingerprint density at radius 3 is 0.543 bits per heavy atom. The molecule has 0 saturated heterocycles. The molecule has 138 heavy (non-hydrogen) atoms. The van der Waals surface area contributed by atoms with Gasteiger partial charge in [0.05, 0.1) is 44.1 Å². The fourth-order valence-corrected chi connectivity index (χ4v) is 20.9. The lowest BCUT2D eigenvalue weighted by atomic mass is 9.93. The Morgan fingerprint density at radius 1 is 0.101 bits per heavy atom. The van der Waals surface area contributed by atoms with Gasteiger partial charge in [0.2, 0.25) is 0 Å². The van der Waals surface area contributed by atoms with Crippen molar-refractivity contribution in [3.8, 4) is 112 Å². The first-order valence-corrected chi connectivity index (χ1v) is 47.3. The van der Waals surface area contributed by atoms with Crippen LogP contribution in [0, 0.1) is 0 Å². The van der Waals surface area contributed by atoms with Gasteiger partial charge < -0.3 is 28.1 Å². The molecule has 6 heteroatoms. The third kappa shape index (κ3) is 15.1. The van der Waals surface area contributed by atoms with Crippen LogP contribution < -0.4 is 9.80 Å². The monoisotopic (exact) mass is 1760 g/mol. The molecule has 0 aliphatic carbocycles. The summed E-state index contributed by atoms with van der Waals surface area (Å²) in [6.07, 6.45) is 0. The number of nitrogens with zero attached hydrogens (tertiary/aromatic N) is 6. The van der Waals surface area contributed by atoms with Crippen molar-refractivity contribution < 1.29 is 0 Å². The van der Waals surface area contributed by atoms with Gasteiger partial charge in [-0.05, 0) is 320 Å². The van der Waals surface area contributed by atoms with E-state index in [9.17, 15) is 0 Å². The number of para-hydroxylation sites is 8. The van der Waals surface area contributed by atoms with Crippen LogP contribution in [0.2, 0.25) is 0 Å². The van der Waals surface area contributed by atoms with Crippen molar-refractivity contribution in [3.63, 3.8) is 0 Å². The highest BCUT2D eigenvalue weighted by atomic mass is 15.2. The van der Waals surface area contributed by atoms with Crippen LogP contribution in [0.15, 0.2) is 546 Å². The molecule has 0 bridgehead atoms. The summed E-state index contributed by atoms with van der Waals surface area (Å²) >= 11 is 0. The van der Waals surface area contributed by atoms with Crippen molar-refractivity contribution in [2.24, 2.45) is 0 Å². The van der Waals surface area contributed by atoms with Gasteiger partial charge in [0.1, 0.15) is 0 Å². The minimum Gasteiger partial charge on any atom is -0.311 e. The van der Waals surface area contributed by atoms with Crippen LogP contribution in [0.5, 0.6) is 0 Å². The molecule has 4 aromatic heterocycles. The molecular formula is C132H90N6. The third-order valence-electron chi connectivity index (χ3n) is 27.3. The van der Waals surface area contributed by atoms with Crippen molar-refractivity contribution in [1.82, 2.24) is 18.3 Å². The number of hydrogen-bond donors (Lipinski definition) is 0. The molecular weight excluding hydrogens is 1670 g/mol. The molecule has 26 rings (SSSR count). The van der Waals surface area contributed by atoms with E-state index in [2.05, 4.69) is 574 Å². The lowest BCUT2D eigenvalue weighted by Gasteiger charge is -2.25. The van der Waals surface area contributed by atoms with E-state index in [1.165, 1.54) is 176 Å². The molecule has 0 aliphatic heterocycles.